The van der Waals surface area contributed by atoms with Gasteiger partial charge in [-0.25, -0.2) is 19.9 Å². The van der Waals surface area contributed by atoms with Gasteiger partial charge in [-0.05, 0) is 78.9 Å². The fourth-order valence-electron chi connectivity index (χ4n) is 9.03. The van der Waals surface area contributed by atoms with Gasteiger partial charge in [0, 0.05) is 33.0 Å². The lowest BCUT2D eigenvalue weighted by molar-refractivity contribution is 1.07. The predicted molar refractivity (Wildman–Crippen MR) is 274 cm³/mol. The lowest BCUT2D eigenvalue weighted by atomic mass is 9.96. The second-order valence-electron chi connectivity index (χ2n) is 16.6. The molecule has 0 aliphatic rings. The first kappa shape index (κ1) is 38.8. The Morgan fingerprint density at radius 1 is 0.197 bits per heavy atom. The van der Waals surface area contributed by atoms with Crippen molar-refractivity contribution in [3.05, 3.63) is 243 Å². The van der Waals surface area contributed by atoms with E-state index in [9.17, 15) is 0 Å². The minimum absolute atomic E-state index is 0.617. The van der Waals surface area contributed by atoms with Crippen LogP contribution in [-0.4, -0.2) is 19.9 Å². The van der Waals surface area contributed by atoms with Gasteiger partial charge in [-0.1, -0.05) is 224 Å². The minimum Gasteiger partial charge on any atom is -0.247 e. The zero-order valence-corrected chi connectivity index (χ0v) is 35.9. The van der Waals surface area contributed by atoms with E-state index >= 15 is 0 Å². The van der Waals surface area contributed by atoms with Crippen molar-refractivity contribution in [2.75, 3.05) is 0 Å². The first-order valence-electron chi connectivity index (χ1n) is 22.3. The number of hydrogen-bond donors (Lipinski definition) is 0. The van der Waals surface area contributed by atoms with Crippen molar-refractivity contribution in [3.8, 4) is 89.9 Å². The van der Waals surface area contributed by atoms with Crippen LogP contribution in [0.1, 0.15) is 0 Å². The van der Waals surface area contributed by atoms with Crippen LogP contribution in [0.4, 0.5) is 0 Å². The second-order valence-corrected chi connectivity index (χ2v) is 16.6. The molecule has 0 saturated carbocycles. The Bertz CT molecular complexity index is 3610. The SMILES string of the molecule is c1ccc(-c2ccc(-c3nc(-c4ccc(-c5ccccc5)cc4)nc(-c4cccc(-c5cccc(-c6ccc(-c7ccc8ccc9c%10ccccc%10ccc9c8n7)cc6)c5)c4)n3)cc2)cc1. The van der Waals surface area contributed by atoms with E-state index in [-0.39, 0.29) is 0 Å². The summed E-state index contributed by atoms with van der Waals surface area (Å²) >= 11 is 0. The smallest absolute Gasteiger partial charge is 0.164 e. The van der Waals surface area contributed by atoms with Crippen LogP contribution >= 0.6 is 0 Å². The molecule has 2 heterocycles. The zero-order valence-electron chi connectivity index (χ0n) is 35.9. The van der Waals surface area contributed by atoms with Gasteiger partial charge in [-0.3, -0.25) is 0 Å². The summed E-state index contributed by atoms with van der Waals surface area (Å²) in [7, 11) is 0. The molecular weight excluding hydrogens is 801 g/mol. The van der Waals surface area contributed by atoms with Gasteiger partial charge in [0.15, 0.2) is 17.5 Å². The van der Waals surface area contributed by atoms with Crippen LogP contribution < -0.4 is 0 Å². The van der Waals surface area contributed by atoms with Crippen molar-refractivity contribution in [1.29, 1.82) is 0 Å². The third-order valence-electron chi connectivity index (χ3n) is 12.5. The Hall–Kier alpha value is -8.86. The molecule has 0 aliphatic heterocycles. The van der Waals surface area contributed by atoms with E-state index < -0.39 is 0 Å². The summed E-state index contributed by atoms with van der Waals surface area (Å²) in [6.07, 6.45) is 0. The van der Waals surface area contributed by atoms with E-state index in [1.54, 1.807) is 0 Å². The molecule has 10 aromatic carbocycles. The first-order chi connectivity index (χ1) is 32.7. The number of fused-ring (bicyclic) bond motifs is 5. The fraction of sp³-hybridized carbons (Fsp3) is 0. The van der Waals surface area contributed by atoms with Crippen LogP contribution in [0.5, 0.6) is 0 Å². The number of aromatic nitrogens is 4. The molecule has 4 heteroatoms. The van der Waals surface area contributed by atoms with Crippen LogP contribution in [0.25, 0.3) is 122 Å². The molecule has 0 bridgehead atoms. The Kier molecular flexibility index (Phi) is 9.81. The highest BCUT2D eigenvalue weighted by Crippen LogP contribution is 2.35. The molecule has 0 radical (unpaired) electrons. The minimum atomic E-state index is 0.617. The molecule has 0 saturated heterocycles. The molecular formula is C62H40N4. The molecule has 0 aliphatic carbocycles. The van der Waals surface area contributed by atoms with Crippen LogP contribution in [0.15, 0.2) is 243 Å². The summed E-state index contributed by atoms with van der Waals surface area (Å²) in [6, 6.07) is 85.4. The Morgan fingerprint density at radius 3 is 1.20 bits per heavy atom. The maximum Gasteiger partial charge on any atom is 0.164 e. The van der Waals surface area contributed by atoms with Gasteiger partial charge in [0.05, 0.1) is 11.2 Å². The molecule has 0 unspecified atom stereocenters. The number of pyridine rings is 1. The number of nitrogens with zero attached hydrogens (tertiary/aromatic N) is 4. The maximum atomic E-state index is 5.23. The quantitative estimate of drug-likeness (QED) is 0.143. The van der Waals surface area contributed by atoms with Crippen molar-refractivity contribution in [1.82, 2.24) is 19.9 Å². The van der Waals surface area contributed by atoms with Gasteiger partial charge < -0.3 is 0 Å². The third kappa shape index (κ3) is 7.47. The van der Waals surface area contributed by atoms with Crippen molar-refractivity contribution in [2.45, 2.75) is 0 Å². The van der Waals surface area contributed by atoms with Gasteiger partial charge in [-0.15, -0.1) is 0 Å². The van der Waals surface area contributed by atoms with Gasteiger partial charge in [-0.2, -0.15) is 0 Å². The standard InChI is InChI=1S/C62H40N4/c1-3-11-41(12-4-1)43-23-29-49(30-24-43)60-64-61(50-31-25-44(26-32-50)42-13-5-2-6-14-42)66-62(65-60)54-19-10-18-53(40-54)52-17-9-16-51(39-52)45-21-27-47(28-22-45)58-38-35-48-34-36-56-55-20-8-7-15-46(55)33-37-57(56)59(48)63-58/h1-40H. The molecule has 0 atom stereocenters. The summed E-state index contributed by atoms with van der Waals surface area (Å²) < 4.78 is 0. The number of hydrogen-bond acceptors (Lipinski definition) is 4. The Morgan fingerprint density at radius 2 is 0.591 bits per heavy atom. The lowest BCUT2D eigenvalue weighted by Crippen LogP contribution is -2.00. The zero-order chi connectivity index (χ0) is 43.8. The van der Waals surface area contributed by atoms with E-state index in [0.29, 0.717) is 17.5 Å². The molecule has 2 aromatic heterocycles. The average molecular weight is 841 g/mol. The van der Waals surface area contributed by atoms with E-state index in [1.807, 2.05) is 12.1 Å². The van der Waals surface area contributed by atoms with Crippen LogP contribution in [-0.2, 0) is 0 Å². The Labute approximate surface area is 383 Å². The molecule has 0 spiro atoms. The van der Waals surface area contributed by atoms with Crippen molar-refractivity contribution in [3.63, 3.8) is 0 Å². The summed E-state index contributed by atoms with van der Waals surface area (Å²) in [5.41, 5.74) is 14.9. The molecule has 0 N–H and O–H groups in total. The highest BCUT2D eigenvalue weighted by atomic mass is 15.0. The summed E-state index contributed by atoms with van der Waals surface area (Å²) in [5, 5.41) is 6.02. The largest absolute Gasteiger partial charge is 0.247 e. The van der Waals surface area contributed by atoms with Crippen LogP contribution in [0, 0.1) is 0 Å². The third-order valence-corrected chi connectivity index (χ3v) is 12.5. The maximum absolute atomic E-state index is 5.23. The molecule has 4 nitrogen and oxygen atoms in total. The molecule has 0 amide bonds. The van der Waals surface area contributed by atoms with Crippen LogP contribution in [0.2, 0.25) is 0 Å². The van der Waals surface area contributed by atoms with Crippen molar-refractivity contribution in [2.24, 2.45) is 0 Å². The monoisotopic (exact) mass is 840 g/mol. The number of rotatable bonds is 8. The topological polar surface area (TPSA) is 51.6 Å². The number of benzene rings is 10. The predicted octanol–water partition coefficient (Wildman–Crippen LogP) is 16.1. The van der Waals surface area contributed by atoms with Crippen molar-refractivity contribution < 1.29 is 0 Å². The van der Waals surface area contributed by atoms with Gasteiger partial charge in [0.2, 0.25) is 0 Å². The highest BCUT2D eigenvalue weighted by molar-refractivity contribution is 6.16. The molecule has 12 rings (SSSR count). The van der Waals surface area contributed by atoms with E-state index in [1.165, 1.54) is 32.7 Å². The summed E-state index contributed by atoms with van der Waals surface area (Å²) in [5.74, 6) is 1.86. The lowest BCUT2D eigenvalue weighted by Gasteiger charge is -2.11. The van der Waals surface area contributed by atoms with Gasteiger partial charge in [0.25, 0.3) is 0 Å². The summed E-state index contributed by atoms with van der Waals surface area (Å²) in [6.45, 7) is 0. The first-order valence-corrected chi connectivity index (χ1v) is 22.3. The van der Waals surface area contributed by atoms with Crippen LogP contribution in [0.3, 0.4) is 0 Å². The fourth-order valence-corrected chi connectivity index (χ4v) is 9.03. The van der Waals surface area contributed by atoms with Crippen molar-refractivity contribution >= 4 is 32.4 Å². The normalized spacial score (nSPS) is 11.3. The highest BCUT2D eigenvalue weighted by Gasteiger charge is 2.15. The second kappa shape index (κ2) is 16.7. The van der Waals surface area contributed by atoms with Gasteiger partial charge >= 0.3 is 0 Å². The van der Waals surface area contributed by atoms with Gasteiger partial charge in [0.1, 0.15) is 0 Å². The van der Waals surface area contributed by atoms with E-state index in [2.05, 4.69) is 231 Å². The average Bonchev–Trinajstić information content (AvgIpc) is 3.41. The summed E-state index contributed by atoms with van der Waals surface area (Å²) in [4.78, 5) is 20.5. The molecule has 308 valence electrons. The Balaban J connectivity index is 0.864. The molecule has 66 heavy (non-hydrogen) atoms. The van der Waals surface area contributed by atoms with E-state index in [4.69, 9.17) is 19.9 Å². The molecule has 0 fully saturated rings. The molecule has 12 aromatic rings. The van der Waals surface area contributed by atoms with E-state index in [0.717, 1.165) is 72.2 Å².